The van der Waals surface area contributed by atoms with Gasteiger partial charge in [-0.1, -0.05) is 50.1 Å². The monoisotopic (exact) mass is 403 g/mol. The van der Waals surface area contributed by atoms with Crippen LogP contribution in [0.25, 0.3) is 0 Å². The van der Waals surface area contributed by atoms with Crippen molar-refractivity contribution >= 4 is 47.6 Å². The second-order valence-corrected chi connectivity index (χ2v) is 7.06. The van der Waals surface area contributed by atoms with Crippen LogP contribution in [0.4, 0.5) is 5.69 Å². The van der Waals surface area contributed by atoms with E-state index < -0.39 is 10.0 Å². The average molecular weight is 405 g/mol. The van der Waals surface area contributed by atoms with Crippen molar-refractivity contribution < 1.29 is 8.42 Å². The SMILES string of the molecule is O=S(=O)(Nc1cccc(CBr)c1)c1cccc(Br)c1. The van der Waals surface area contributed by atoms with Crippen molar-refractivity contribution in [2.75, 3.05) is 4.72 Å². The van der Waals surface area contributed by atoms with E-state index in [4.69, 9.17) is 0 Å². The van der Waals surface area contributed by atoms with E-state index >= 15 is 0 Å². The fourth-order valence-corrected chi connectivity index (χ4v) is 3.56. The first-order valence-electron chi connectivity index (χ1n) is 5.44. The number of hydrogen-bond acceptors (Lipinski definition) is 2. The highest BCUT2D eigenvalue weighted by molar-refractivity contribution is 9.10. The van der Waals surface area contributed by atoms with Crippen LogP contribution in [-0.4, -0.2) is 8.42 Å². The smallest absolute Gasteiger partial charge is 0.261 e. The zero-order chi connectivity index (χ0) is 13.9. The molecule has 0 atom stereocenters. The van der Waals surface area contributed by atoms with Crippen LogP contribution in [-0.2, 0) is 15.4 Å². The van der Waals surface area contributed by atoms with Crippen LogP contribution < -0.4 is 4.72 Å². The van der Waals surface area contributed by atoms with Gasteiger partial charge in [0.2, 0.25) is 0 Å². The van der Waals surface area contributed by atoms with E-state index in [0.717, 1.165) is 10.0 Å². The summed E-state index contributed by atoms with van der Waals surface area (Å²) in [4.78, 5) is 0.228. The van der Waals surface area contributed by atoms with Gasteiger partial charge in [0, 0.05) is 15.5 Å². The molecule has 0 unspecified atom stereocenters. The molecule has 0 amide bonds. The van der Waals surface area contributed by atoms with Crippen molar-refractivity contribution in [3.05, 3.63) is 58.6 Å². The van der Waals surface area contributed by atoms with Gasteiger partial charge < -0.3 is 0 Å². The Bertz CT molecular complexity index is 687. The highest BCUT2D eigenvalue weighted by atomic mass is 79.9. The minimum atomic E-state index is -3.56. The molecule has 3 nitrogen and oxygen atoms in total. The number of halogens is 2. The summed E-state index contributed by atoms with van der Waals surface area (Å²) >= 11 is 6.61. The first-order valence-corrected chi connectivity index (χ1v) is 8.84. The van der Waals surface area contributed by atoms with Gasteiger partial charge in [-0.15, -0.1) is 0 Å². The molecule has 0 heterocycles. The van der Waals surface area contributed by atoms with Gasteiger partial charge in [-0.3, -0.25) is 4.72 Å². The van der Waals surface area contributed by atoms with Crippen molar-refractivity contribution in [1.82, 2.24) is 0 Å². The van der Waals surface area contributed by atoms with E-state index in [1.807, 2.05) is 12.1 Å². The zero-order valence-corrected chi connectivity index (χ0v) is 13.8. The molecule has 0 aliphatic carbocycles. The lowest BCUT2D eigenvalue weighted by molar-refractivity contribution is 0.601. The Balaban J connectivity index is 2.31. The quantitative estimate of drug-likeness (QED) is 0.778. The van der Waals surface area contributed by atoms with Crippen molar-refractivity contribution in [3.8, 4) is 0 Å². The molecular weight excluding hydrogens is 394 g/mol. The van der Waals surface area contributed by atoms with Crippen molar-refractivity contribution in [3.63, 3.8) is 0 Å². The number of alkyl halides is 1. The number of rotatable bonds is 4. The van der Waals surface area contributed by atoms with E-state index in [2.05, 4.69) is 36.6 Å². The van der Waals surface area contributed by atoms with Gasteiger partial charge in [-0.05, 0) is 35.9 Å². The second-order valence-electron chi connectivity index (χ2n) is 3.90. The topological polar surface area (TPSA) is 46.2 Å². The molecule has 100 valence electrons. The predicted octanol–water partition coefficient (Wildman–Crippen LogP) is 4.14. The number of anilines is 1. The van der Waals surface area contributed by atoms with E-state index in [1.54, 1.807) is 36.4 Å². The van der Waals surface area contributed by atoms with Gasteiger partial charge in [0.1, 0.15) is 0 Å². The molecule has 0 aromatic heterocycles. The minimum Gasteiger partial charge on any atom is -0.280 e. The maximum atomic E-state index is 12.2. The normalized spacial score (nSPS) is 11.3. The molecule has 19 heavy (non-hydrogen) atoms. The molecule has 6 heteroatoms. The molecule has 2 aromatic carbocycles. The summed E-state index contributed by atoms with van der Waals surface area (Å²) in [6, 6.07) is 13.9. The maximum Gasteiger partial charge on any atom is 0.261 e. The van der Waals surface area contributed by atoms with Gasteiger partial charge in [0.15, 0.2) is 0 Å². The standard InChI is InChI=1S/C13H11Br2NO2S/c14-9-10-3-1-5-12(7-10)16-19(17,18)13-6-2-4-11(15)8-13/h1-8,16H,9H2. The molecule has 0 bridgehead atoms. The summed E-state index contributed by atoms with van der Waals surface area (Å²) in [6.07, 6.45) is 0. The van der Waals surface area contributed by atoms with Crippen LogP contribution in [0.5, 0.6) is 0 Å². The fourth-order valence-electron chi connectivity index (χ4n) is 1.57. The summed E-state index contributed by atoms with van der Waals surface area (Å²) in [7, 11) is -3.56. The maximum absolute atomic E-state index is 12.2. The van der Waals surface area contributed by atoms with Crippen molar-refractivity contribution in [2.45, 2.75) is 10.2 Å². The van der Waals surface area contributed by atoms with E-state index in [1.165, 1.54) is 0 Å². The molecule has 1 N–H and O–H groups in total. The van der Waals surface area contributed by atoms with E-state index in [0.29, 0.717) is 11.0 Å². The summed E-state index contributed by atoms with van der Waals surface area (Å²) < 4.78 is 27.7. The van der Waals surface area contributed by atoms with Crippen LogP contribution >= 0.6 is 31.9 Å². The molecule has 2 aromatic rings. The number of benzene rings is 2. The van der Waals surface area contributed by atoms with Gasteiger partial charge in [0.05, 0.1) is 4.90 Å². The number of nitrogens with one attached hydrogen (secondary N) is 1. The van der Waals surface area contributed by atoms with Gasteiger partial charge in [-0.25, -0.2) is 8.42 Å². The fraction of sp³-hybridized carbons (Fsp3) is 0.0769. The van der Waals surface area contributed by atoms with Crippen LogP contribution in [0.2, 0.25) is 0 Å². The third kappa shape index (κ3) is 3.81. The molecule has 0 aliphatic rings. The minimum absolute atomic E-state index is 0.228. The molecule has 0 saturated heterocycles. The Morgan fingerprint density at radius 2 is 1.79 bits per heavy atom. The molecule has 0 saturated carbocycles. The lowest BCUT2D eigenvalue weighted by atomic mass is 10.2. The van der Waals surface area contributed by atoms with Crippen molar-refractivity contribution in [1.29, 1.82) is 0 Å². The molecule has 0 spiro atoms. The van der Waals surface area contributed by atoms with Gasteiger partial charge in [0.25, 0.3) is 10.0 Å². The summed E-state index contributed by atoms with van der Waals surface area (Å²) in [5.74, 6) is 0. The summed E-state index contributed by atoms with van der Waals surface area (Å²) in [5, 5.41) is 0.680. The highest BCUT2D eigenvalue weighted by Crippen LogP contribution is 2.20. The Morgan fingerprint density at radius 1 is 1.05 bits per heavy atom. The molecule has 0 aliphatic heterocycles. The summed E-state index contributed by atoms with van der Waals surface area (Å²) in [5.41, 5.74) is 1.56. The molecular formula is C13H11Br2NO2S. The van der Waals surface area contributed by atoms with Crippen LogP contribution in [0.3, 0.4) is 0 Å². The number of sulfonamides is 1. The lowest BCUT2D eigenvalue weighted by Crippen LogP contribution is -2.12. The van der Waals surface area contributed by atoms with Crippen LogP contribution in [0, 0.1) is 0 Å². The second kappa shape index (κ2) is 6.07. The van der Waals surface area contributed by atoms with Gasteiger partial charge >= 0.3 is 0 Å². The highest BCUT2D eigenvalue weighted by Gasteiger charge is 2.14. The number of hydrogen-bond donors (Lipinski definition) is 1. The lowest BCUT2D eigenvalue weighted by Gasteiger charge is -2.09. The molecule has 0 fully saturated rings. The first-order chi connectivity index (χ1) is 9.01. The third-order valence-corrected chi connectivity index (χ3v) is 4.96. The molecule has 2 rings (SSSR count). The largest absolute Gasteiger partial charge is 0.280 e. The van der Waals surface area contributed by atoms with Crippen LogP contribution in [0.15, 0.2) is 57.9 Å². The average Bonchev–Trinajstić information content (AvgIpc) is 2.38. The van der Waals surface area contributed by atoms with Crippen LogP contribution in [0.1, 0.15) is 5.56 Å². The Kier molecular flexibility index (Phi) is 4.65. The third-order valence-electron chi connectivity index (χ3n) is 2.44. The van der Waals surface area contributed by atoms with Gasteiger partial charge in [-0.2, -0.15) is 0 Å². The Morgan fingerprint density at radius 3 is 2.47 bits per heavy atom. The Labute approximate surface area is 129 Å². The molecule has 0 radical (unpaired) electrons. The van der Waals surface area contributed by atoms with E-state index in [9.17, 15) is 8.42 Å². The first kappa shape index (κ1) is 14.6. The van der Waals surface area contributed by atoms with Crippen molar-refractivity contribution in [2.24, 2.45) is 0 Å². The van der Waals surface area contributed by atoms with E-state index in [-0.39, 0.29) is 4.90 Å². The zero-order valence-electron chi connectivity index (χ0n) is 9.81. The Hall–Kier alpha value is -0.850. The predicted molar refractivity (Wildman–Crippen MR) is 84.0 cm³/mol. The summed E-state index contributed by atoms with van der Waals surface area (Å²) in [6.45, 7) is 0.